The summed E-state index contributed by atoms with van der Waals surface area (Å²) in [5.74, 6) is -4.16. The zero-order valence-corrected chi connectivity index (χ0v) is 25.1. The van der Waals surface area contributed by atoms with Gasteiger partial charge in [-0.15, -0.1) is 0 Å². The van der Waals surface area contributed by atoms with Crippen LogP contribution in [-0.4, -0.2) is 50.7 Å². The average Bonchev–Trinajstić information content (AvgIpc) is 2.79. The van der Waals surface area contributed by atoms with E-state index in [0.717, 1.165) is 38.0 Å². The van der Waals surface area contributed by atoms with Crippen molar-refractivity contribution in [1.82, 2.24) is 0 Å². The van der Waals surface area contributed by atoms with Crippen LogP contribution in [0.3, 0.4) is 0 Å². The Morgan fingerprint density at radius 2 is 1.44 bits per heavy atom. The van der Waals surface area contributed by atoms with Gasteiger partial charge >= 0.3 is 17.9 Å². The van der Waals surface area contributed by atoms with Crippen LogP contribution >= 0.6 is 0 Å². The molecule has 2 atom stereocenters. The fraction of sp³-hybridized carbons (Fsp3) is 0.806. The maximum Gasteiger partial charge on any atom is 0.340 e. The van der Waals surface area contributed by atoms with E-state index in [1.807, 2.05) is 0 Å². The zero-order valence-electron chi connectivity index (χ0n) is 25.1. The molecular weight excluding hydrogens is 500 g/mol. The van der Waals surface area contributed by atoms with Gasteiger partial charge in [-0.2, -0.15) is 0 Å². The van der Waals surface area contributed by atoms with Crippen LogP contribution in [0, 0.1) is 11.8 Å². The van der Waals surface area contributed by atoms with E-state index in [1.54, 1.807) is 47.6 Å². The number of unbranched alkanes of at least 4 members (excludes halogenated alkanes) is 4. The number of carbonyl (C=O) groups is 4. The highest BCUT2D eigenvalue weighted by atomic mass is 16.6. The number of carboxylic acids is 1. The van der Waals surface area contributed by atoms with Crippen molar-refractivity contribution < 1.29 is 38.9 Å². The summed E-state index contributed by atoms with van der Waals surface area (Å²) in [5, 5.41) is 21.1. The first kappa shape index (κ1) is 34.8. The number of rotatable bonds is 16. The molecule has 2 N–H and O–H groups in total. The van der Waals surface area contributed by atoms with Gasteiger partial charge in [0.2, 0.25) is 0 Å². The van der Waals surface area contributed by atoms with E-state index in [0.29, 0.717) is 25.0 Å². The topological polar surface area (TPSA) is 127 Å². The third-order valence-electron chi connectivity index (χ3n) is 6.83. The number of Topliss-reactive ketones (excluding diaryl/α,β-unsaturated/α-hetero) is 1. The van der Waals surface area contributed by atoms with E-state index in [-0.39, 0.29) is 0 Å². The highest BCUT2D eigenvalue weighted by Gasteiger charge is 2.51. The smallest absolute Gasteiger partial charge is 0.340 e. The number of carboxylic acid groups (broad SMARTS) is 1. The summed E-state index contributed by atoms with van der Waals surface area (Å²) in [6.07, 6.45) is 14.7. The highest BCUT2D eigenvalue weighted by Crippen LogP contribution is 2.30. The number of carbonyl (C=O) groups excluding carboxylic acids is 3. The first-order valence-electron chi connectivity index (χ1n) is 14.6. The summed E-state index contributed by atoms with van der Waals surface area (Å²) in [7, 11) is 0. The molecule has 1 saturated carbocycles. The van der Waals surface area contributed by atoms with Crippen LogP contribution in [0.2, 0.25) is 0 Å². The van der Waals surface area contributed by atoms with Crippen molar-refractivity contribution in [2.45, 2.75) is 148 Å². The van der Waals surface area contributed by atoms with E-state index in [1.165, 1.54) is 38.2 Å². The largest absolute Gasteiger partial charge is 0.481 e. The molecule has 0 aromatic heterocycles. The Kier molecular flexibility index (Phi) is 14.4. The number of aliphatic carboxylic acids is 1. The van der Waals surface area contributed by atoms with Crippen LogP contribution in [0.25, 0.3) is 0 Å². The minimum atomic E-state index is -2.63. The Labute approximate surface area is 234 Å². The molecule has 0 unspecified atom stereocenters. The second-order valence-corrected chi connectivity index (χ2v) is 13.0. The summed E-state index contributed by atoms with van der Waals surface area (Å²) in [6.45, 7) is 9.69. The maximum absolute atomic E-state index is 12.9. The zero-order chi connectivity index (χ0) is 29.7. The molecule has 1 rings (SSSR count). The molecule has 0 aromatic rings. The summed E-state index contributed by atoms with van der Waals surface area (Å²) < 4.78 is 10.5. The van der Waals surface area contributed by atoms with Crippen molar-refractivity contribution in [2.24, 2.45) is 11.8 Å². The van der Waals surface area contributed by atoms with E-state index < -0.39 is 47.0 Å². The molecule has 8 nitrogen and oxygen atoms in total. The number of ether oxygens (including phenoxy) is 2. The fourth-order valence-electron chi connectivity index (χ4n) is 4.86. The van der Waals surface area contributed by atoms with Crippen molar-refractivity contribution in [2.75, 3.05) is 0 Å². The lowest BCUT2D eigenvalue weighted by molar-refractivity contribution is -0.192. The van der Waals surface area contributed by atoms with Crippen molar-refractivity contribution in [3.05, 3.63) is 12.2 Å². The molecule has 0 saturated heterocycles. The number of aliphatic hydroxyl groups is 1. The monoisotopic (exact) mass is 552 g/mol. The molecular formula is C31H52O8. The Morgan fingerprint density at radius 3 is 2.00 bits per heavy atom. The van der Waals surface area contributed by atoms with Crippen molar-refractivity contribution >= 4 is 23.7 Å². The van der Waals surface area contributed by atoms with Crippen LogP contribution in [0.15, 0.2) is 12.2 Å². The second kappa shape index (κ2) is 16.1. The molecule has 0 amide bonds. The average molecular weight is 553 g/mol. The number of esters is 2. The first-order chi connectivity index (χ1) is 18.0. The van der Waals surface area contributed by atoms with Crippen LogP contribution in [0.5, 0.6) is 0 Å². The van der Waals surface area contributed by atoms with Gasteiger partial charge in [-0.1, -0.05) is 57.1 Å². The molecule has 8 heteroatoms. The fourth-order valence-corrected chi connectivity index (χ4v) is 4.86. The lowest BCUT2D eigenvalue weighted by atomic mass is 9.83. The van der Waals surface area contributed by atoms with Gasteiger partial charge in [0.25, 0.3) is 0 Å². The molecule has 0 bridgehead atoms. The molecule has 1 aliphatic rings. The normalized spacial score (nSPS) is 17.4. The van der Waals surface area contributed by atoms with Gasteiger partial charge < -0.3 is 19.7 Å². The summed E-state index contributed by atoms with van der Waals surface area (Å²) in [6, 6.07) is 0. The van der Waals surface area contributed by atoms with Crippen LogP contribution < -0.4 is 0 Å². The van der Waals surface area contributed by atoms with Crippen LogP contribution in [0.4, 0.5) is 0 Å². The Balaban J connectivity index is 2.61. The van der Waals surface area contributed by atoms with Gasteiger partial charge in [0.15, 0.2) is 5.60 Å². The predicted octanol–water partition coefficient (Wildman–Crippen LogP) is 6.32. The first-order valence-corrected chi connectivity index (χ1v) is 14.6. The SMILES string of the molecule is CC(C)(C)OC(=O)C[C@@](O)(C(=O)OC(C)(C)C)[C@H](/C=C/CCCCCCC(=O)CCC1CCCCC1)C(=O)O. The number of hydrogen-bond donors (Lipinski definition) is 2. The second-order valence-electron chi connectivity index (χ2n) is 13.0. The van der Waals surface area contributed by atoms with Gasteiger partial charge in [-0.25, -0.2) is 4.79 Å². The molecule has 1 fully saturated rings. The molecule has 0 aliphatic heterocycles. The lowest BCUT2D eigenvalue weighted by Gasteiger charge is -2.33. The van der Waals surface area contributed by atoms with Gasteiger partial charge in [-0.05, 0) is 73.1 Å². The number of hydrogen-bond acceptors (Lipinski definition) is 7. The van der Waals surface area contributed by atoms with E-state index >= 15 is 0 Å². The van der Waals surface area contributed by atoms with Crippen LogP contribution in [-0.2, 0) is 28.7 Å². The minimum Gasteiger partial charge on any atom is -0.481 e. The molecule has 0 aromatic carbocycles. The van der Waals surface area contributed by atoms with E-state index in [4.69, 9.17) is 9.47 Å². The third kappa shape index (κ3) is 14.7. The van der Waals surface area contributed by atoms with Crippen LogP contribution in [0.1, 0.15) is 131 Å². The minimum absolute atomic E-state index is 0.344. The molecule has 39 heavy (non-hydrogen) atoms. The van der Waals surface area contributed by atoms with E-state index in [2.05, 4.69) is 0 Å². The standard InChI is InChI=1S/C31H52O8/c1-29(2,3)38-26(33)22-31(37,28(36)39-30(4,5)6)25(27(34)35)19-15-10-8-7-9-14-18-24(32)21-20-23-16-12-11-13-17-23/h15,19,23,25,37H,7-14,16-18,20-22H2,1-6H3,(H,34,35)/b19-15+/t25-,31+/m1/s1. The van der Waals surface area contributed by atoms with Gasteiger partial charge in [-0.3, -0.25) is 14.4 Å². The Bertz CT molecular complexity index is 827. The van der Waals surface area contributed by atoms with Crippen molar-refractivity contribution in [3.8, 4) is 0 Å². The van der Waals surface area contributed by atoms with E-state index in [9.17, 15) is 29.4 Å². The molecule has 224 valence electrons. The molecule has 0 spiro atoms. The summed E-state index contributed by atoms with van der Waals surface area (Å²) in [5.41, 5.74) is -4.50. The van der Waals surface area contributed by atoms with Crippen molar-refractivity contribution in [3.63, 3.8) is 0 Å². The summed E-state index contributed by atoms with van der Waals surface area (Å²) in [4.78, 5) is 49.7. The van der Waals surface area contributed by atoms with Gasteiger partial charge in [0.05, 0.1) is 6.42 Å². The summed E-state index contributed by atoms with van der Waals surface area (Å²) >= 11 is 0. The molecule has 0 radical (unpaired) electrons. The number of allylic oxidation sites excluding steroid dienone is 1. The lowest BCUT2D eigenvalue weighted by Crippen LogP contribution is -2.53. The van der Waals surface area contributed by atoms with Crippen molar-refractivity contribution in [1.29, 1.82) is 0 Å². The number of ketones is 1. The van der Waals surface area contributed by atoms with Gasteiger partial charge in [0.1, 0.15) is 22.9 Å². The molecule has 1 aliphatic carbocycles. The highest BCUT2D eigenvalue weighted by molar-refractivity contribution is 5.92. The maximum atomic E-state index is 12.9. The Morgan fingerprint density at radius 1 is 0.846 bits per heavy atom. The quantitative estimate of drug-likeness (QED) is 0.129. The van der Waals surface area contributed by atoms with Gasteiger partial charge in [0, 0.05) is 12.8 Å². The molecule has 0 heterocycles. The Hall–Kier alpha value is -2.22. The third-order valence-corrected chi connectivity index (χ3v) is 6.83. The predicted molar refractivity (Wildman–Crippen MR) is 150 cm³/mol.